The number of hydrogen-bond donors (Lipinski definition) is 3. The molecule has 1 aliphatic heterocycles. The quantitative estimate of drug-likeness (QED) is 0.788. The second-order valence-electron chi connectivity index (χ2n) is 6.32. The number of fused-ring (bicyclic) bond motifs is 1. The van der Waals surface area contributed by atoms with Crippen molar-refractivity contribution in [3.8, 4) is 0 Å². The predicted octanol–water partition coefficient (Wildman–Crippen LogP) is 1.59. The molecule has 1 saturated carbocycles. The zero-order chi connectivity index (χ0) is 16.7. The number of nitrogens with zero attached hydrogens (tertiary/aromatic N) is 2. The molecule has 0 spiro atoms. The molecule has 8 heteroatoms. The van der Waals surface area contributed by atoms with Crippen LogP contribution in [0.15, 0.2) is 18.3 Å². The summed E-state index contributed by atoms with van der Waals surface area (Å²) in [6.45, 7) is 1.32. The second-order valence-corrected chi connectivity index (χ2v) is 6.32. The number of aromatic nitrogens is 2. The highest BCUT2D eigenvalue weighted by Crippen LogP contribution is 2.33. The summed E-state index contributed by atoms with van der Waals surface area (Å²) >= 11 is 0. The summed E-state index contributed by atoms with van der Waals surface area (Å²) in [6, 6.07) is 3.83. The normalized spacial score (nSPS) is 20.3. The average molecular weight is 329 g/mol. The molecule has 24 heavy (non-hydrogen) atoms. The van der Waals surface area contributed by atoms with Crippen molar-refractivity contribution in [2.75, 3.05) is 23.3 Å². The summed E-state index contributed by atoms with van der Waals surface area (Å²) in [5, 5.41) is 3.86. The highest BCUT2D eigenvalue weighted by molar-refractivity contribution is 5.97. The molecule has 0 unspecified atom stereocenters. The first-order chi connectivity index (χ1) is 11.6. The molecule has 3 heterocycles. The van der Waals surface area contributed by atoms with E-state index in [9.17, 15) is 9.59 Å². The highest BCUT2D eigenvalue weighted by Gasteiger charge is 2.31. The number of carbonyl (C=O) groups excluding carboxylic acids is 2. The number of H-pyrrole nitrogens is 1. The molecular formula is C16H19N5O3. The average Bonchev–Trinajstić information content (AvgIpc) is 3.11. The third kappa shape index (κ3) is 2.86. The van der Waals surface area contributed by atoms with Crippen LogP contribution in [0.1, 0.15) is 19.3 Å². The zero-order valence-corrected chi connectivity index (χ0v) is 13.1. The lowest BCUT2D eigenvalue weighted by atomic mass is 10.2. The number of rotatable bonds is 4. The zero-order valence-electron chi connectivity index (χ0n) is 13.1. The monoisotopic (exact) mass is 329 g/mol. The van der Waals surface area contributed by atoms with Crippen molar-refractivity contribution in [1.82, 2.24) is 9.97 Å². The van der Waals surface area contributed by atoms with Gasteiger partial charge in [-0.15, -0.1) is 0 Å². The molecule has 1 saturated heterocycles. The van der Waals surface area contributed by atoms with Crippen molar-refractivity contribution in [2.24, 2.45) is 11.7 Å². The van der Waals surface area contributed by atoms with Crippen LogP contribution in [-0.2, 0) is 9.53 Å². The summed E-state index contributed by atoms with van der Waals surface area (Å²) in [4.78, 5) is 32.6. The molecule has 2 amide bonds. The van der Waals surface area contributed by atoms with E-state index in [2.05, 4.69) is 20.2 Å². The van der Waals surface area contributed by atoms with E-state index in [1.165, 1.54) is 0 Å². The molecule has 126 valence electrons. The van der Waals surface area contributed by atoms with Gasteiger partial charge in [0.2, 0.25) is 5.91 Å². The molecule has 4 N–H and O–H groups in total. The lowest BCUT2D eigenvalue weighted by molar-refractivity contribution is -0.117. The van der Waals surface area contributed by atoms with Gasteiger partial charge in [-0.2, -0.15) is 0 Å². The van der Waals surface area contributed by atoms with Crippen molar-refractivity contribution in [3.05, 3.63) is 18.3 Å². The Balaban J connectivity index is 1.60. The van der Waals surface area contributed by atoms with Crippen LogP contribution in [0, 0.1) is 5.92 Å². The molecule has 2 aliphatic rings. The van der Waals surface area contributed by atoms with E-state index < -0.39 is 6.09 Å². The van der Waals surface area contributed by atoms with E-state index >= 15 is 0 Å². The first-order valence-electron chi connectivity index (χ1n) is 8.10. The van der Waals surface area contributed by atoms with E-state index in [4.69, 9.17) is 10.5 Å². The van der Waals surface area contributed by atoms with Gasteiger partial charge in [-0.3, -0.25) is 4.79 Å². The van der Waals surface area contributed by atoms with Crippen molar-refractivity contribution in [1.29, 1.82) is 0 Å². The molecule has 4 rings (SSSR count). The van der Waals surface area contributed by atoms with Crippen LogP contribution in [0.3, 0.4) is 0 Å². The number of carbonyl (C=O) groups is 2. The number of nitrogens with one attached hydrogen (secondary N) is 2. The maximum atomic E-state index is 12.0. The molecule has 0 aromatic carbocycles. The molecule has 0 bridgehead atoms. The topological polar surface area (TPSA) is 113 Å². The van der Waals surface area contributed by atoms with Gasteiger partial charge in [0.25, 0.3) is 0 Å². The number of anilines is 2. The van der Waals surface area contributed by atoms with Gasteiger partial charge in [-0.05, 0) is 18.9 Å². The van der Waals surface area contributed by atoms with Crippen LogP contribution < -0.4 is 16.0 Å². The summed E-state index contributed by atoms with van der Waals surface area (Å²) in [7, 11) is 0. The summed E-state index contributed by atoms with van der Waals surface area (Å²) < 4.78 is 5.09. The molecule has 1 aliphatic carbocycles. The minimum absolute atomic E-state index is 0.0238. The van der Waals surface area contributed by atoms with E-state index in [-0.39, 0.29) is 17.9 Å². The summed E-state index contributed by atoms with van der Waals surface area (Å²) in [5.41, 5.74) is 6.78. The maximum Gasteiger partial charge on any atom is 0.404 e. The summed E-state index contributed by atoms with van der Waals surface area (Å²) in [6.07, 6.45) is 3.47. The molecular weight excluding hydrogens is 310 g/mol. The number of hydrogen-bond acceptors (Lipinski definition) is 5. The molecule has 0 radical (unpaired) electrons. The lowest BCUT2D eigenvalue weighted by Gasteiger charge is -2.20. The minimum atomic E-state index is -0.749. The Kier molecular flexibility index (Phi) is 3.51. The third-order valence-corrected chi connectivity index (χ3v) is 4.47. The van der Waals surface area contributed by atoms with Gasteiger partial charge >= 0.3 is 6.09 Å². The second kappa shape index (κ2) is 5.70. The number of primary amides is 1. The van der Waals surface area contributed by atoms with Crippen LogP contribution in [0.2, 0.25) is 0 Å². The molecule has 2 aromatic heterocycles. The number of nitrogens with two attached hydrogens (primary N) is 1. The van der Waals surface area contributed by atoms with Crippen LogP contribution in [0.5, 0.6) is 0 Å². The fourth-order valence-electron chi connectivity index (χ4n) is 3.13. The first kappa shape index (κ1) is 14.8. The van der Waals surface area contributed by atoms with E-state index in [0.29, 0.717) is 12.4 Å². The van der Waals surface area contributed by atoms with Crippen molar-refractivity contribution >= 4 is 34.5 Å². The molecule has 1 atom stereocenters. The largest absolute Gasteiger partial charge is 0.444 e. The van der Waals surface area contributed by atoms with Crippen LogP contribution >= 0.6 is 0 Å². The Labute approximate surface area is 138 Å². The Morgan fingerprint density at radius 1 is 1.38 bits per heavy atom. The van der Waals surface area contributed by atoms with E-state index in [0.717, 1.165) is 42.5 Å². The molecule has 2 aromatic rings. The van der Waals surface area contributed by atoms with Gasteiger partial charge in [0, 0.05) is 36.5 Å². The van der Waals surface area contributed by atoms with Gasteiger partial charge in [0.05, 0.1) is 12.2 Å². The minimum Gasteiger partial charge on any atom is -0.444 e. The van der Waals surface area contributed by atoms with Crippen LogP contribution in [0.4, 0.5) is 16.3 Å². The maximum absolute atomic E-state index is 12.0. The van der Waals surface area contributed by atoms with Crippen LogP contribution in [-0.4, -0.2) is 41.2 Å². The smallest absolute Gasteiger partial charge is 0.404 e. The first-order valence-corrected chi connectivity index (χ1v) is 8.10. The van der Waals surface area contributed by atoms with Gasteiger partial charge in [0.15, 0.2) is 0 Å². The van der Waals surface area contributed by atoms with Crippen molar-refractivity contribution in [2.45, 2.75) is 25.4 Å². The number of ether oxygens (including phenoxy) is 1. The highest BCUT2D eigenvalue weighted by atomic mass is 16.6. The number of pyridine rings is 1. The molecule has 8 nitrogen and oxygen atoms in total. The fraction of sp³-hybridized carbons (Fsp3) is 0.438. The van der Waals surface area contributed by atoms with E-state index in [1.807, 2.05) is 18.3 Å². The lowest BCUT2D eigenvalue weighted by Crippen LogP contribution is -2.27. The van der Waals surface area contributed by atoms with Crippen molar-refractivity contribution < 1.29 is 14.3 Å². The summed E-state index contributed by atoms with van der Waals surface area (Å²) in [5.74, 6) is 0.682. The van der Waals surface area contributed by atoms with Gasteiger partial charge < -0.3 is 25.7 Å². The standard InChI is InChI=1S/C16H19N5O3/c17-16(23)24-10-4-6-21(8-10)12-7-13(20-15(22)9-1-2-9)19-14-11(12)3-5-18-14/h3,5,7,9-10H,1-2,4,6,8H2,(H2,17,23)(H2,18,19,20,22)/t10-/m0/s1. The fourth-order valence-corrected chi connectivity index (χ4v) is 3.13. The Morgan fingerprint density at radius 3 is 2.96 bits per heavy atom. The van der Waals surface area contributed by atoms with Gasteiger partial charge in [-0.25, -0.2) is 9.78 Å². The number of aromatic amines is 1. The van der Waals surface area contributed by atoms with Gasteiger partial charge in [-0.1, -0.05) is 0 Å². The Bertz CT molecular complexity index is 798. The Hall–Kier alpha value is -2.77. The van der Waals surface area contributed by atoms with Gasteiger partial charge in [0.1, 0.15) is 17.6 Å². The number of amides is 2. The van der Waals surface area contributed by atoms with E-state index in [1.54, 1.807) is 0 Å². The predicted molar refractivity (Wildman–Crippen MR) is 88.7 cm³/mol. The Morgan fingerprint density at radius 2 is 2.21 bits per heavy atom. The SMILES string of the molecule is NC(=O)O[C@H]1CCN(c2cc(NC(=O)C3CC3)nc3[nH]ccc23)C1. The van der Waals surface area contributed by atoms with Crippen LogP contribution in [0.25, 0.3) is 11.0 Å². The molecule has 2 fully saturated rings. The third-order valence-electron chi connectivity index (χ3n) is 4.47. The van der Waals surface area contributed by atoms with Crippen molar-refractivity contribution in [3.63, 3.8) is 0 Å².